The fourth-order valence-corrected chi connectivity index (χ4v) is 1.68. The van der Waals surface area contributed by atoms with Gasteiger partial charge in [0.25, 0.3) is 6.43 Å². The van der Waals surface area contributed by atoms with E-state index in [9.17, 15) is 13.9 Å². The van der Waals surface area contributed by atoms with Crippen molar-refractivity contribution in [3.63, 3.8) is 0 Å². The maximum atomic E-state index is 12.8. The van der Waals surface area contributed by atoms with Gasteiger partial charge in [-0.15, -0.1) is 0 Å². The smallest absolute Gasteiger partial charge is 0.267 e. The van der Waals surface area contributed by atoms with E-state index in [1.165, 1.54) is 6.07 Å². The first-order valence-electron chi connectivity index (χ1n) is 5.64. The third-order valence-electron chi connectivity index (χ3n) is 2.90. The van der Waals surface area contributed by atoms with E-state index in [0.717, 1.165) is 5.56 Å². The molecule has 1 atom stereocenters. The van der Waals surface area contributed by atoms with Crippen molar-refractivity contribution in [1.29, 1.82) is 0 Å². The molecule has 0 aliphatic carbocycles. The first-order valence-corrected chi connectivity index (χ1v) is 5.64. The molecule has 0 aliphatic rings. The Labute approximate surface area is 99.9 Å². The molecule has 96 valence electrons. The Morgan fingerprint density at radius 2 is 1.65 bits per heavy atom. The van der Waals surface area contributed by atoms with Crippen molar-refractivity contribution in [1.82, 2.24) is 0 Å². The second-order valence-electron chi connectivity index (χ2n) is 4.59. The molecule has 4 heteroatoms. The second-order valence-corrected chi connectivity index (χ2v) is 4.59. The molecule has 17 heavy (non-hydrogen) atoms. The number of aromatic hydroxyl groups is 1. The highest BCUT2D eigenvalue weighted by molar-refractivity contribution is 5.47. The number of phenols is 1. The van der Waals surface area contributed by atoms with Crippen LogP contribution in [-0.2, 0) is 0 Å². The molecule has 0 amide bonds. The molecule has 2 N–H and O–H groups in total. The summed E-state index contributed by atoms with van der Waals surface area (Å²) in [6.45, 7) is 5.30. The van der Waals surface area contributed by atoms with Crippen molar-refractivity contribution < 1.29 is 19.0 Å². The van der Waals surface area contributed by atoms with Crippen LogP contribution in [0.25, 0.3) is 0 Å². The van der Waals surface area contributed by atoms with E-state index in [1.54, 1.807) is 13.0 Å². The van der Waals surface area contributed by atoms with Gasteiger partial charge in [-0.3, -0.25) is 0 Å². The molecular weight excluding hydrogens is 226 g/mol. The highest BCUT2D eigenvalue weighted by Gasteiger charge is 2.21. The lowest BCUT2D eigenvalue weighted by atomic mass is 9.91. The molecule has 1 rings (SSSR count). The van der Waals surface area contributed by atoms with E-state index in [0.29, 0.717) is 5.56 Å². The van der Waals surface area contributed by atoms with Crippen LogP contribution < -0.4 is 0 Å². The molecule has 1 aromatic carbocycles. The van der Waals surface area contributed by atoms with E-state index in [4.69, 9.17) is 5.11 Å². The first kappa shape index (κ1) is 13.9. The van der Waals surface area contributed by atoms with Crippen LogP contribution in [0, 0.1) is 0 Å². The van der Waals surface area contributed by atoms with Crippen LogP contribution in [-0.4, -0.2) is 16.8 Å². The maximum Gasteiger partial charge on any atom is 0.267 e. The number of phenolic OH excluding ortho intramolecular Hbond substituents is 1. The number of rotatable bonds is 4. The normalized spacial score (nSPS) is 13.4. The van der Waals surface area contributed by atoms with Crippen molar-refractivity contribution in [3.05, 3.63) is 28.8 Å². The summed E-state index contributed by atoms with van der Waals surface area (Å²) >= 11 is 0. The SMILES string of the molecule is CC(C)c1cc(C(F)F)c(O)c(C(C)CO)c1. The number of hydrogen-bond acceptors (Lipinski definition) is 2. The summed E-state index contributed by atoms with van der Waals surface area (Å²) in [5, 5.41) is 18.8. The predicted octanol–water partition coefficient (Wildman–Crippen LogP) is 3.55. The molecule has 0 spiro atoms. The zero-order valence-corrected chi connectivity index (χ0v) is 10.2. The lowest BCUT2D eigenvalue weighted by molar-refractivity contribution is 0.147. The lowest BCUT2D eigenvalue weighted by Gasteiger charge is -2.17. The molecule has 0 saturated heterocycles. The van der Waals surface area contributed by atoms with Gasteiger partial charge in [0.1, 0.15) is 5.75 Å². The fraction of sp³-hybridized carbons (Fsp3) is 0.538. The topological polar surface area (TPSA) is 40.5 Å². The first-order chi connectivity index (χ1) is 7.88. The molecule has 0 bridgehead atoms. The van der Waals surface area contributed by atoms with Gasteiger partial charge in [0.2, 0.25) is 0 Å². The molecule has 0 saturated carbocycles. The van der Waals surface area contributed by atoms with E-state index >= 15 is 0 Å². The van der Waals surface area contributed by atoms with E-state index in [-0.39, 0.29) is 24.0 Å². The molecular formula is C13H18F2O2. The lowest BCUT2D eigenvalue weighted by Crippen LogP contribution is -2.03. The van der Waals surface area contributed by atoms with Gasteiger partial charge < -0.3 is 10.2 Å². The summed E-state index contributed by atoms with van der Waals surface area (Å²) in [5.74, 6) is -0.658. The van der Waals surface area contributed by atoms with Crippen LogP contribution in [0.5, 0.6) is 5.75 Å². The Kier molecular flexibility index (Phi) is 4.46. The average Bonchev–Trinajstić information content (AvgIpc) is 2.27. The summed E-state index contributed by atoms with van der Waals surface area (Å²) in [6, 6.07) is 3.02. The Bertz CT molecular complexity index is 389. The minimum absolute atomic E-state index is 0.0951. The maximum absolute atomic E-state index is 12.8. The van der Waals surface area contributed by atoms with Crippen molar-refractivity contribution in [2.24, 2.45) is 0 Å². The number of alkyl halides is 2. The highest BCUT2D eigenvalue weighted by atomic mass is 19.3. The molecule has 0 aromatic heterocycles. The van der Waals surface area contributed by atoms with Gasteiger partial charge in [0, 0.05) is 12.5 Å². The Morgan fingerprint density at radius 1 is 1.12 bits per heavy atom. The fourth-order valence-electron chi connectivity index (χ4n) is 1.68. The average molecular weight is 244 g/mol. The van der Waals surface area contributed by atoms with Gasteiger partial charge in [0.05, 0.1) is 5.56 Å². The van der Waals surface area contributed by atoms with Crippen LogP contribution in [0.4, 0.5) is 8.78 Å². The van der Waals surface area contributed by atoms with Crippen molar-refractivity contribution in [2.45, 2.75) is 39.0 Å². The summed E-state index contributed by atoms with van der Waals surface area (Å²) < 4.78 is 25.6. The number of aliphatic hydroxyl groups is 1. The van der Waals surface area contributed by atoms with Gasteiger partial charge in [-0.1, -0.05) is 26.8 Å². The summed E-state index contributed by atoms with van der Waals surface area (Å²) in [4.78, 5) is 0. The van der Waals surface area contributed by atoms with Gasteiger partial charge in [-0.05, 0) is 23.1 Å². The summed E-state index contributed by atoms with van der Waals surface area (Å²) in [6.07, 6.45) is -2.71. The molecule has 1 unspecified atom stereocenters. The minimum Gasteiger partial charge on any atom is -0.507 e. The van der Waals surface area contributed by atoms with Crippen LogP contribution in [0.3, 0.4) is 0 Å². The summed E-state index contributed by atoms with van der Waals surface area (Å²) in [7, 11) is 0. The molecule has 0 fully saturated rings. The van der Waals surface area contributed by atoms with E-state index < -0.39 is 12.2 Å². The van der Waals surface area contributed by atoms with Crippen LogP contribution >= 0.6 is 0 Å². The Hall–Kier alpha value is -1.16. The van der Waals surface area contributed by atoms with Crippen LogP contribution in [0.2, 0.25) is 0 Å². The van der Waals surface area contributed by atoms with Gasteiger partial charge in [-0.2, -0.15) is 0 Å². The minimum atomic E-state index is -2.71. The van der Waals surface area contributed by atoms with Crippen molar-refractivity contribution in [3.8, 4) is 5.75 Å². The molecule has 0 heterocycles. The zero-order valence-electron chi connectivity index (χ0n) is 10.2. The van der Waals surface area contributed by atoms with Gasteiger partial charge in [-0.25, -0.2) is 8.78 Å². The molecule has 1 aromatic rings. The largest absolute Gasteiger partial charge is 0.507 e. The van der Waals surface area contributed by atoms with Crippen molar-refractivity contribution in [2.75, 3.05) is 6.61 Å². The number of aliphatic hydroxyl groups excluding tert-OH is 1. The molecule has 0 radical (unpaired) electrons. The standard InChI is InChI=1S/C13H18F2O2/c1-7(2)9-4-10(8(3)6-16)12(17)11(5-9)13(14)15/h4-5,7-8,13,16-17H,6H2,1-3H3. The van der Waals surface area contributed by atoms with Gasteiger partial charge in [0.15, 0.2) is 0 Å². The third kappa shape index (κ3) is 2.94. The predicted molar refractivity (Wildman–Crippen MR) is 62.7 cm³/mol. The Morgan fingerprint density at radius 3 is 2.06 bits per heavy atom. The van der Waals surface area contributed by atoms with Crippen LogP contribution in [0.1, 0.15) is 55.7 Å². The number of benzene rings is 1. The van der Waals surface area contributed by atoms with E-state index in [2.05, 4.69) is 0 Å². The quantitative estimate of drug-likeness (QED) is 0.850. The number of halogens is 2. The monoisotopic (exact) mass is 244 g/mol. The number of hydrogen-bond donors (Lipinski definition) is 2. The van der Waals surface area contributed by atoms with Crippen molar-refractivity contribution >= 4 is 0 Å². The third-order valence-corrected chi connectivity index (χ3v) is 2.90. The summed E-state index contributed by atoms with van der Waals surface area (Å²) in [5.41, 5.74) is 0.772. The zero-order chi connectivity index (χ0) is 13.2. The highest BCUT2D eigenvalue weighted by Crippen LogP contribution is 2.37. The molecule has 0 aliphatic heterocycles. The second kappa shape index (κ2) is 5.45. The van der Waals surface area contributed by atoms with Gasteiger partial charge >= 0.3 is 0 Å². The van der Waals surface area contributed by atoms with Crippen LogP contribution in [0.15, 0.2) is 12.1 Å². The Balaban J connectivity index is 3.37. The van der Waals surface area contributed by atoms with E-state index in [1.807, 2.05) is 13.8 Å². The molecule has 2 nitrogen and oxygen atoms in total.